The van der Waals surface area contributed by atoms with Crippen LogP contribution in [0, 0.1) is 6.92 Å². The number of aliphatic imine (C=N–C) groups is 1. The lowest BCUT2D eigenvalue weighted by Crippen LogP contribution is -2.19. The quantitative estimate of drug-likeness (QED) is 0.662. The lowest BCUT2D eigenvalue weighted by molar-refractivity contribution is 0.534. The van der Waals surface area contributed by atoms with Crippen LogP contribution in [0.1, 0.15) is 19.7 Å². The third-order valence-electron chi connectivity index (χ3n) is 2.39. The van der Waals surface area contributed by atoms with Crippen LogP contribution in [0.2, 0.25) is 0 Å². The van der Waals surface area contributed by atoms with E-state index in [0.29, 0.717) is 11.9 Å². The molecule has 2 rings (SSSR count). The van der Waals surface area contributed by atoms with Crippen LogP contribution in [0.25, 0.3) is 11.3 Å². The van der Waals surface area contributed by atoms with Gasteiger partial charge in [-0.2, -0.15) is 0 Å². The number of benzene rings is 1. The van der Waals surface area contributed by atoms with Gasteiger partial charge in [0, 0.05) is 18.5 Å². The zero-order valence-electron chi connectivity index (χ0n) is 10.8. The molecule has 0 bridgehead atoms. The molecule has 4 nitrogen and oxygen atoms in total. The van der Waals surface area contributed by atoms with Gasteiger partial charge in [-0.05, 0) is 38.1 Å². The van der Waals surface area contributed by atoms with Crippen LogP contribution in [0.15, 0.2) is 39.9 Å². The number of aromatic nitrogens is 1. The maximum absolute atomic E-state index is 5.46. The SMILES string of the molecule is Cc1ncc(-c2ccc(N=CNC(C)C)cc2)o1. The summed E-state index contributed by atoms with van der Waals surface area (Å²) < 4.78 is 5.46. The molecule has 1 aromatic heterocycles. The molecule has 4 heteroatoms. The molecule has 0 atom stereocenters. The Hall–Kier alpha value is -2.10. The molecule has 0 aliphatic rings. The van der Waals surface area contributed by atoms with Crippen molar-refractivity contribution in [3.8, 4) is 11.3 Å². The van der Waals surface area contributed by atoms with Crippen LogP contribution in [0.3, 0.4) is 0 Å². The summed E-state index contributed by atoms with van der Waals surface area (Å²) >= 11 is 0. The van der Waals surface area contributed by atoms with E-state index in [1.807, 2.05) is 31.2 Å². The summed E-state index contributed by atoms with van der Waals surface area (Å²) in [5, 5.41) is 3.12. The fourth-order valence-electron chi connectivity index (χ4n) is 1.47. The molecule has 0 radical (unpaired) electrons. The van der Waals surface area contributed by atoms with Gasteiger partial charge in [-0.3, -0.25) is 0 Å². The molecule has 0 spiro atoms. The highest BCUT2D eigenvalue weighted by Crippen LogP contribution is 2.22. The van der Waals surface area contributed by atoms with E-state index in [1.165, 1.54) is 0 Å². The summed E-state index contributed by atoms with van der Waals surface area (Å²) in [6.07, 6.45) is 3.45. The Morgan fingerprint density at radius 1 is 1.28 bits per heavy atom. The van der Waals surface area contributed by atoms with Crippen LogP contribution < -0.4 is 5.32 Å². The first-order valence-electron chi connectivity index (χ1n) is 5.96. The van der Waals surface area contributed by atoms with Crippen molar-refractivity contribution < 1.29 is 4.42 Å². The van der Waals surface area contributed by atoms with Gasteiger partial charge in [-0.1, -0.05) is 0 Å². The first kappa shape index (κ1) is 12.4. The Labute approximate surface area is 107 Å². The van der Waals surface area contributed by atoms with Crippen molar-refractivity contribution in [1.29, 1.82) is 0 Å². The highest BCUT2D eigenvalue weighted by Gasteiger charge is 2.02. The van der Waals surface area contributed by atoms with Crippen molar-refractivity contribution >= 4 is 12.0 Å². The maximum atomic E-state index is 5.46. The van der Waals surface area contributed by atoms with Crippen molar-refractivity contribution in [2.75, 3.05) is 0 Å². The van der Waals surface area contributed by atoms with Gasteiger partial charge in [-0.25, -0.2) is 9.98 Å². The van der Waals surface area contributed by atoms with Crippen molar-refractivity contribution in [2.45, 2.75) is 26.8 Å². The van der Waals surface area contributed by atoms with Gasteiger partial charge in [-0.15, -0.1) is 0 Å². The monoisotopic (exact) mass is 243 g/mol. The van der Waals surface area contributed by atoms with Gasteiger partial charge in [0.25, 0.3) is 0 Å². The van der Waals surface area contributed by atoms with Gasteiger partial charge in [0.1, 0.15) is 0 Å². The highest BCUT2D eigenvalue weighted by atomic mass is 16.4. The highest BCUT2D eigenvalue weighted by molar-refractivity contribution is 5.64. The van der Waals surface area contributed by atoms with Gasteiger partial charge in [0.05, 0.1) is 18.2 Å². The van der Waals surface area contributed by atoms with E-state index in [4.69, 9.17) is 4.42 Å². The van der Waals surface area contributed by atoms with Gasteiger partial charge < -0.3 is 9.73 Å². The number of oxazole rings is 1. The maximum Gasteiger partial charge on any atom is 0.191 e. The molecule has 2 aromatic rings. The van der Waals surface area contributed by atoms with E-state index < -0.39 is 0 Å². The molecule has 0 aliphatic heterocycles. The first-order chi connectivity index (χ1) is 8.65. The number of hydrogen-bond donors (Lipinski definition) is 1. The largest absolute Gasteiger partial charge is 0.441 e. The summed E-state index contributed by atoms with van der Waals surface area (Å²) in [6.45, 7) is 5.97. The van der Waals surface area contributed by atoms with Gasteiger partial charge in [0.2, 0.25) is 0 Å². The molecule has 0 saturated carbocycles. The number of rotatable bonds is 4. The molecule has 1 heterocycles. The molecule has 0 aliphatic carbocycles. The topological polar surface area (TPSA) is 50.4 Å². The third kappa shape index (κ3) is 3.20. The second-order valence-electron chi connectivity index (χ2n) is 4.37. The lowest BCUT2D eigenvalue weighted by Gasteiger charge is -2.02. The van der Waals surface area contributed by atoms with Gasteiger partial charge in [0.15, 0.2) is 11.7 Å². The molecule has 0 fully saturated rings. The molecule has 1 aromatic carbocycles. The van der Waals surface area contributed by atoms with E-state index in [-0.39, 0.29) is 0 Å². The van der Waals surface area contributed by atoms with Gasteiger partial charge >= 0.3 is 0 Å². The van der Waals surface area contributed by atoms with E-state index in [9.17, 15) is 0 Å². The second-order valence-corrected chi connectivity index (χ2v) is 4.37. The van der Waals surface area contributed by atoms with Crippen molar-refractivity contribution in [3.05, 3.63) is 36.4 Å². The minimum atomic E-state index is 0.394. The smallest absolute Gasteiger partial charge is 0.191 e. The predicted octanol–water partition coefficient (Wildman–Crippen LogP) is 3.31. The molecule has 18 heavy (non-hydrogen) atoms. The van der Waals surface area contributed by atoms with E-state index >= 15 is 0 Å². The van der Waals surface area contributed by atoms with Crippen molar-refractivity contribution in [1.82, 2.24) is 10.3 Å². The number of nitrogens with zero attached hydrogens (tertiary/aromatic N) is 2. The van der Waals surface area contributed by atoms with E-state index in [2.05, 4.69) is 29.1 Å². The third-order valence-corrected chi connectivity index (χ3v) is 2.39. The van der Waals surface area contributed by atoms with Crippen LogP contribution in [0.5, 0.6) is 0 Å². The van der Waals surface area contributed by atoms with Crippen LogP contribution in [-0.2, 0) is 0 Å². The zero-order chi connectivity index (χ0) is 13.0. The van der Waals surface area contributed by atoms with Crippen LogP contribution in [0.4, 0.5) is 5.69 Å². The Kier molecular flexibility index (Phi) is 3.77. The standard InChI is InChI=1S/C14H17N3O/c1-10(2)16-9-17-13-6-4-12(5-7-13)14-8-15-11(3)18-14/h4-10H,1-3H3,(H,16,17). The number of nitrogens with one attached hydrogen (secondary N) is 1. The molecule has 1 N–H and O–H groups in total. The Balaban J connectivity index is 2.08. The lowest BCUT2D eigenvalue weighted by atomic mass is 10.2. The zero-order valence-corrected chi connectivity index (χ0v) is 10.8. The predicted molar refractivity (Wildman–Crippen MR) is 73.1 cm³/mol. The summed E-state index contributed by atoms with van der Waals surface area (Å²) in [4.78, 5) is 8.38. The minimum absolute atomic E-state index is 0.394. The molecular formula is C14H17N3O. The molecule has 0 saturated heterocycles. The molecule has 0 unspecified atom stereocenters. The van der Waals surface area contributed by atoms with Crippen molar-refractivity contribution in [2.24, 2.45) is 4.99 Å². The van der Waals surface area contributed by atoms with Crippen LogP contribution >= 0.6 is 0 Å². The fraction of sp³-hybridized carbons (Fsp3) is 0.286. The molecule has 94 valence electrons. The summed E-state index contributed by atoms with van der Waals surface area (Å²) in [7, 11) is 0. The summed E-state index contributed by atoms with van der Waals surface area (Å²) in [5.41, 5.74) is 1.91. The van der Waals surface area contributed by atoms with Crippen LogP contribution in [-0.4, -0.2) is 17.4 Å². The molecular weight excluding hydrogens is 226 g/mol. The average molecular weight is 243 g/mol. The van der Waals surface area contributed by atoms with E-state index in [1.54, 1.807) is 12.5 Å². The summed E-state index contributed by atoms with van der Waals surface area (Å²) in [5.74, 6) is 1.46. The average Bonchev–Trinajstić information content (AvgIpc) is 2.76. The Morgan fingerprint density at radius 2 is 2.00 bits per heavy atom. The van der Waals surface area contributed by atoms with Crippen molar-refractivity contribution in [3.63, 3.8) is 0 Å². The second kappa shape index (κ2) is 5.49. The number of hydrogen-bond acceptors (Lipinski definition) is 3. The molecule has 0 amide bonds. The Morgan fingerprint density at radius 3 is 2.56 bits per heavy atom. The normalized spacial score (nSPS) is 11.3. The van der Waals surface area contributed by atoms with E-state index in [0.717, 1.165) is 17.0 Å². The first-order valence-corrected chi connectivity index (χ1v) is 5.96. The summed E-state index contributed by atoms with van der Waals surface area (Å²) in [6, 6.07) is 8.24. The minimum Gasteiger partial charge on any atom is -0.441 e. The Bertz CT molecular complexity index is 526. The fourth-order valence-corrected chi connectivity index (χ4v) is 1.47. The number of aryl methyl sites for hydroxylation is 1.